The summed E-state index contributed by atoms with van der Waals surface area (Å²) in [5, 5.41) is 3.23. The number of nitrogens with two attached hydrogens (primary N) is 1. The van der Waals surface area contributed by atoms with E-state index in [0.29, 0.717) is 11.3 Å². The predicted octanol–water partition coefficient (Wildman–Crippen LogP) is 5.07. The van der Waals surface area contributed by atoms with Crippen LogP contribution in [0.15, 0.2) is 46.9 Å². The standard InChI is InChI=1S/C16H19BrN2/c1-16(2,3)11-7-8-15(14(18)9-11)19-13-6-4-5-12(17)10-13/h4-10,19H,18H2,1-3H3/i1D3. The molecular weight excluding hydrogens is 300 g/mol. The topological polar surface area (TPSA) is 38.0 Å². The molecule has 0 aliphatic heterocycles. The SMILES string of the molecule is [2H]C([2H])([2H])C(C)(C)c1ccc(Nc2cccc(Br)c2)c(N)c1. The van der Waals surface area contributed by atoms with Crippen LogP contribution in [-0.4, -0.2) is 0 Å². The summed E-state index contributed by atoms with van der Waals surface area (Å²) < 4.78 is 24.0. The van der Waals surface area contributed by atoms with Gasteiger partial charge in [0.25, 0.3) is 0 Å². The van der Waals surface area contributed by atoms with Crippen LogP contribution in [0.4, 0.5) is 17.1 Å². The number of anilines is 3. The molecule has 0 saturated heterocycles. The molecule has 0 bridgehead atoms. The highest BCUT2D eigenvalue weighted by molar-refractivity contribution is 9.10. The van der Waals surface area contributed by atoms with Crippen LogP contribution in [0.25, 0.3) is 0 Å². The van der Waals surface area contributed by atoms with Crippen LogP contribution in [0.2, 0.25) is 0 Å². The van der Waals surface area contributed by atoms with Crippen molar-refractivity contribution in [3.8, 4) is 0 Å². The van der Waals surface area contributed by atoms with E-state index in [1.807, 2.05) is 36.4 Å². The molecule has 0 amide bonds. The van der Waals surface area contributed by atoms with Crippen molar-refractivity contribution in [2.24, 2.45) is 0 Å². The van der Waals surface area contributed by atoms with Crippen molar-refractivity contribution < 1.29 is 4.11 Å². The first-order valence-electron chi connectivity index (χ1n) is 7.54. The van der Waals surface area contributed by atoms with Gasteiger partial charge < -0.3 is 11.1 Å². The first kappa shape index (κ1) is 10.3. The van der Waals surface area contributed by atoms with Gasteiger partial charge in [0.1, 0.15) is 0 Å². The Morgan fingerprint density at radius 2 is 2.00 bits per heavy atom. The van der Waals surface area contributed by atoms with Crippen LogP contribution in [0.3, 0.4) is 0 Å². The van der Waals surface area contributed by atoms with E-state index in [1.165, 1.54) is 0 Å². The van der Waals surface area contributed by atoms with Crippen LogP contribution in [0.5, 0.6) is 0 Å². The van der Waals surface area contributed by atoms with E-state index in [-0.39, 0.29) is 0 Å². The Kier molecular flexibility index (Phi) is 2.86. The van der Waals surface area contributed by atoms with Gasteiger partial charge in [-0.2, -0.15) is 0 Å². The molecule has 0 saturated carbocycles. The molecule has 0 aliphatic carbocycles. The Morgan fingerprint density at radius 1 is 1.21 bits per heavy atom. The van der Waals surface area contributed by atoms with E-state index in [4.69, 9.17) is 9.85 Å². The van der Waals surface area contributed by atoms with E-state index < -0.39 is 12.3 Å². The number of nitrogen functional groups attached to an aromatic ring is 1. The smallest absolute Gasteiger partial charge is 0.0618 e. The lowest BCUT2D eigenvalue weighted by molar-refractivity contribution is 0.590. The lowest BCUT2D eigenvalue weighted by Crippen LogP contribution is -2.11. The highest BCUT2D eigenvalue weighted by Crippen LogP contribution is 2.30. The zero-order chi connectivity index (χ0) is 16.5. The fraction of sp³-hybridized carbons (Fsp3) is 0.250. The van der Waals surface area contributed by atoms with Crippen molar-refractivity contribution in [1.29, 1.82) is 0 Å². The number of hydrogen-bond acceptors (Lipinski definition) is 2. The molecule has 0 aromatic heterocycles. The van der Waals surface area contributed by atoms with Gasteiger partial charge in [-0.25, -0.2) is 0 Å². The Labute approximate surface area is 127 Å². The molecule has 2 aromatic carbocycles. The molecule has 0 atom stereocenters. The Hall–Kier alpha value is -1.48. The van der Waals surface area contributed by atoms with Crippen LogP contribution in [0, 0.1) is 0 Å². The first-order valence-corrected chi connectivity index (χ1v) is 6.83. The molecule has 0 radical (unpaired) electrons. The maximum atomic E-state index is 7.67. The average molecular weight is 322 g/mol. The molecule has 0 spiro atoms. The summed E-state index contributed by atoms with van der Waals surface area (Å²) in [6, 6.07) is 13.1. The number of nitrogens with one attached hydrogen (secondary N) is 1. The Balaban J connectivity index is 2.31. The number of halogens is 1. The fourth-order valence-corrected chi connectivity index (χ4v) is 2.19. The largest absolute Gasteiger partial charge is 0.397 e. The van der Waals surface area contributed by atoms with Gasteiger partial charge in [-0.1, -0.05) is 48.8 Å². The second kappa shape index (κ2) is 5.25. The lowest BCUT2D eigenvalue weighted by atomic mass is 9.86. The number of hydrogen-bond donors (Lipinski definition) is 2. The van der Waals surface area contributed by atoms with Gasteiger partial charge >= 0.3 is 0 Å². The van der Waals surface area contributed by atoms with E-state index in [9.17, 15) is 0 Å². The molecule has 0 unspecified atom stereocenters. The highest BCUT2D eigenvalue weighted by Gasteiger charge is 2.14. The van der Waals surface area contributed by atoms with Gasteiger partial charge in [0.05, 0.1) is 11.4 Å². The first-order chi connectivity index (χ1) is 10.1. The van der Waals surface area contributed by atoms with Crippen LogP contribution in [-0.2, 0) is 5.41 Å². The second-order valence-corrected chi connectivity index (χ2v) is 5.98. The molecule has 0 fully saturated rings. The van der Waals surface area contributed by atoms with E-state index >= 15 is 0 Å². The zero-order valence-electron chi connectivity index (χ0n) is 14.0. The molecule has 3 heteroatoms. The van der Waals surface area contributed by atoms with Gasteiger partial charge in [-0.15, -0.1) is 0 Å². The average Bonchev–Trinajstić information content (AvgIpc) is 2.39. The molecule has 100 valence electrons. The van der Waals surface area contributed by atoms with E-state index in [1.54, 1.807) is 19.9 Å². The minimum atomic E-state index is -2.08. The minimum absolute atomic E-state index is 0.523. The summed E-state index contributed by atoms with van der Waals surface area (Å²) in [5.41, 5.74) is 8.02. The molecule has 0 heterocycles. The zero-order valence-corrected chi connectivity index (χ0v) is 12.6. The third kappa shape index (κ3) is 3.51. The van der Waals surface area contributed by atoms with Crippen molar-refractivity contribution in [3.05, 3.63) is 52.5 Å². The summed E-state index contributed by atoms with van der Waals surface area (Å²) in [4.78, 5) is 0. The predicted molar refractivity (Wildman–Crippen MR) is 87.0 cm³/mol. The van der Waals surface area contributed by atoms with Gasteiger partial charge in [0.15, 0.2) is 0 Å². The van der Waals surface area contributed by atoms with E-state index in [2.05, 4.69) is 21.2 Å². The number of rotatable bonds is 2. The number of benzene rings is 2. The molecule has 2 aromatic rings. The molecule has 3 N–H and O–H groups in total. The quantitative estimate of drug-likeness (QED) is 0.757. The van der Waals surface area contributed by atoms with Crippen molar-refractivity contribution in [2.75, 3.05) is 11.1 Å². The van der Waals surface area contributed by atoms with Crippen LogP contribution < -0.4 is 11.1 Å². The summed E-state index contributed by atoms with van der Waals surface area (Å²) in [6.45, 7) is 1.32. The van der Waals surface area contributed by atoms with Crippen molar-refractivity contribution >= 4 is 33.0 Å². The van der Waals surface area contributed by atoms with E-state index in [0.717, 1.165) is 15.8 Å². The molecule has 2 nitrogen and oxygen atoms in total. The summed E-state index contributed by atoms with van der Waals surface area (Å²) in [7, 11) is 0. The van der Waals surface area contributed by atoms with Gasteiger partial charge in [-0.3, -0.25) is 0 Å². The summed E-state index contributed by atoms with van der Waals surface area (Å²) in [6.07, 6.45) is 0. The highest BCUT2D eigenvalue weighted by atomic mass is 79.9. The normalized spacial score (nSPS) is 14.4. The summed E-state index contributed by atoms with van der Waals surface area (Å²) in [5.74, 6) is 0. The maximum Gasteiger partial charge on any atom is 0.0618 e. The summed E-state index contributed by atoms with van der Waals surface area (Å²) >= 11 is 3.42. The van der Waals surface area contributed by atoms with Gasteiger partial charge in [0, 0.05) is 14.3 Å². The Bertz CT molecular complexity index is 681. The van der Waals surface area contributed by atoms with Crippen LogP contribution in [0.1, 0.15) is 30.4 Å². The fourth-order valence-electron chi connectivity index (χ4n) is 1.79. The van der Waals surface area contributed by atoms with Crippen molar-refractivity contribution in [1.82, 2.24) is 0 Å². The lowest BCUT2D eigenvalue weighted by Gasteiger charge is -2.20. The molecule has 19 heavy (non-hydrogen) atoms. The minimum Gasteiger partial charge on any atom is -0.397 e. The third-order valence-electron chi connectivity index (χ3n) is 2.88. The van der Waals surface area contributed by atoms with Crippen molar-refractivity contribution in [3.63, 3.8) is 0 Å². The second-order valence-electron chi connectivity index (χ2n) is 5.06. The van der Waals surface area contributed by atoms with Crippen LogP contribution >= 0.6 is 15.9 Å². The Morgan fingerprint density at radius 3 is 2.63 bits per heavy atom. The molecule has 2 rings (SSSR count). The van der Waals surface area contributed by atoms with Gasteiger partial charge in [0.2, 0.25) is 0 Å². The maximum absolute atomic E-state index is 7.67. The van der Waals surface area contributed by atoms with Crippen molar-refractivity contribution in [2.45, 2.75) is 26.1 Å². The monoisotopic (exact) mass is 321 g/mol. The molecule has 0 aliphatic rings. The third-order valence-corrected chi connectivity index (χ3v) is 3.37. The molecular formula is C16H19BrN2. The van der Waals surface area contributed by atoms with Gasteiger partial charge in [-0.05, 0) is 41.3 Å².